The zero-order valence-electron chi connectivity index (χ0n) is 9.29. The van der Waals surface area contributed by atoms with Crippen molar-refractivity contribution in [2.24, 2.45) is 5.11 Å². The summed E-state index contributed by atoms with van der Waals surface area (Å²) in [5.41, 5.74) is 8.17. The summed E-state index contributed by atoms with van der Waals surface area (Å²) in [7, 11) is 1.16. The van der Waals surface area contributed by atoms with Gasteiger partial charge in [-0.05, 0) is 10.6 Å². The van der Waals surface area contributed by atoms with Gasteiger partial charge in [0.1, 0.15) is 11.9 Å². The van der Waals surface area contributed by atoms with Crippen LogP contribution < -0.4 is 0 Å². The number of ether oxygens (including phenoxy) is 2. The van der Waals surface area contributed by atoms with Crippen molar-refractivity contribution in [3.63, 3.8) is 0 Å². The fourth-order valence-electron chi connectivity index (χ4n) is 1.38. The van der Waals surface area contributed by atoms with Gasteiger partial charge in [0, 0.05) is 18.0 Å². The van der Waals surface area contributed by atoms with Crippen LogP contribution in [0, 0.1) is 11.3 Å². The number of carbonyl (C=O) groups excluding carboxylic acids is 1. The summed E-state index contributed by atoms with van der Waals surface area (Å²) in [6.45, 7) is 1.81. The second kappa shape index (κ2) is 6.37. The Bertz CT molecular complexity index is 413. The number of nitrogens with zero attached hydrogens (tertiary/aromatic N) is 5. The highest BCUT2D eigenvalue weighted by molar-refractivity contribution is 5.93. The molecular weight excluding hydrogens is 226 g/mol. The van der Waals surface area contributed by atoms with Crippen LogP contribution in [0.3, 0.4) is 0 Å². The molecule has 0 aromatic heterocycles. The van der Waals surface area contributed by atoms with Gasteiger partial charge in [-0.3, -0.25) is 0 Å². The summed E-state index contributed by atoms with van der Waals surface area (Å²) < 4.78 is 9.59. The number of methoxy groups -OCH3 is 1. The van der Waals surface area contributed by atoms with E-state index in [0.29, 0.717) is 26.3 Å². The predicted molar refractivity (Wildman–Crippen MR) is 56.2 cm³/mol. The third kappa shape index (κ3) is 3.11. The van der Waals surface area contributed by atoms with E-state index in [9.17, 15) is 4.79 Å². The first-order valence-electron chi connectivity index (χ1n) is 4.85. The molecule has 0 aromatic carbocycles. The second-order valence-corrected chi connectivity index (χ2v) is 3.09. The number of nitriles is 1. The van der Waals surface area contributed by atoms with Crippen molar-refractivity contribution in [2.75, 3.05) is 33.4 Å². The number of carbonyl (C=O) groups is 1. The van der Waals surface area contributed by atoms with Crippen LogP contribution in [0.25, 0.3) is 10.4 Å². The molecule has 17 heavy (non-hydrogen) atoms. The van der Waals surface area contributed by atoms with Crippen molar-refractivity contribution in [3.8, 4) is 6.07 Å². The molecule has 1 fully saturated rings. The summed E-state index contributed by atoms with van der Waals surface area (Å²) in [5, 5.41) is 12.3. The molecule has 0 aliphatic carbocycles. The molecule has 1 rings (SSSR count). The van der Waals surface area contributed by atoms with Gasteiger partial charge in [-0.15, -0.1) is 0 Å². The van der Waals surface area contributed by atoms with E-state index in [1.54, 1.807) is 11.0 Å². The quantitative estimate of drug-likeness (QED) is 0.177. The highest BCUT2D eigenvalue weighted by atomic mass is 16.5. The molecule has 1 saturated heterocycles. The van der Waals surface area contributed by atoms with Gasteiger partial charge in [0.2, 0.25) is 0 Å². The Kier molecular flexibility index (Phi) is 4.81. The van der Waals surface area contributed by atoms with Crippen molar-refractivity contribution >= 4 is 5.97 Å². The number of azide groups is 1. The minimum absolute atomic E-state index is 0.00912. The molecular formula is C9H11N5O3. The molecule has 0 radical (unpaired) electrons. The third-order valence-corrected chi connectivity index (χ3v) is 2.17. The van der Waals surface area contributed by atoms with Crippen LogP contribution >= 0.6 is 0 Å². The van der Waals surface area contributed by atoms with Crippen molar-refractivity contribution in [3.05, 3.63) is 21.8 Å². The summed E-state index contributed by atoms with van der Waals surface area (Å²) in [4.78, 5) is 15.6. The molecule has 1 aliphatic heterocycles. The van der Waals surface area contributed by atoms with Crippen molar-refractivity contribution in [1.29, 1.82) is 5.26 Å². The molecule has 0 bridgehead atoms. The number of hydrogen-bond acceptors (Lipinski definition) is 6. The number of rotatable bonds is 3. The minimum Gasteiger partial charge on any atom is -0.465 e. The van der Waals surface area contributed by atoms with Gasteiger partial charge in [0.25, 0.3) is 0 Å². The Hall–Kier alpha value is -2.23. The van der Waals surface area contributed by atoms with Crippen molar-refractivity contribution in [2.45, 2.75) is 0 Å². The normalized spacial score (nSPS) is 16.4. The minimum atomic E-state index is -0.818. The summed E-state index contributed by atoms with van der Waals surface area (Å²) >= 11 is 0. The smallest absolute Gasteiger partial charge is 0.350 e. The molecule has 0 atom stereocenters. The first-order chi connectivity index (χ1) is 8.24. The van der Waals surface area contributed by atoms with E-state index in [-0.39, 0.29) is 11.4 Å². The van der Waals surface area contributed by atoms with Crippen LogP contribution in [0.4, 0.5) is 0 Å². The molecule has 0 unspecified atom stereocenters. The van der Waals surface area contributed by atoms with Crippen LogP contribution in [0.5, 0.6) is 0 Å². The van der Waals surface area contributed by atoms with Crippen molar-refractivity contribution < 1.29 is 14.3 Å². The standard InChI is InChI=1S/C9H11N5O3/c1-16-9(15)7(6-10)8(12-13-11)14-2-4-17-5-3-14/h2-5H2,1H3/b8-7+. The Balaban J connectivity index is 3.12. The topological polar surface area (TPSA) is 111 Å². The van der Waals surface area contributed by atoms with E-state index < -0.39 is 5.97 Å². The monoisotopic (exact) mass is 237 g/mol. The molecule has 0 N–H and O–H groups in total. The Labute approximate surface area is 97.6 Å². The maximum absolute atomic E-state index is 11.4. The lowest BCUT2D eigenvalue weighted by molar-refractivity contribution is -0.135. The second-order valence-electron chi connectivity index (χ2n) is 3.09. The lowest BCUT2D eigenvalue weighted by Gasteiger charge is -2.29. The highest BCUT2D eigenvalue weighted by Crippen LogP contribution is 2.15. The molecule has 8 nitrogen and oxygen atoms in total. The first kappa shape index (κ1) is 12.8. The van der Waals surface area contributed by atoms with Crippen LogP contribution in [0.15, 0.2) is 16.5 Å². The lowest BCUT2D eigenvalue weighted by atomic mass is 10.2. The molecule has 1 heterocycles. The molecule has 90 valence electrons. The third-order valence-electron chi connectivity index (χ3n) is 2.17. The number of hydrogen-bond donors (Lipinski definition) is 0. The number of morpholine rings is 1. The molecule has 0 spiro atoms. The van der Waals surface area contributed by atoms with E-state index in [4.69, 9.17) is 15.5 Å². The van der Waals surface area contributed by atoms with Gasteiger partial charge in [0.05, 0.1) is 20.3 Å². The lowest BCUT2D eigenvalue weighted by Crippen LogP contribution is -2.36. The van der Waals surface area contributed by atoms with Crippen LogP contribution in [0.2, 0.25) is 0 Å². The van der Waals surface area contributed by atoms with E-state index >= 15 is 0 Å². The summed E-state index contributed by atoms with van der Waals surface area (Å²) in [6.07, 6.45) is 0. The van der Waals surface area contributed by atoms with Gasteiger partial charge in [-0.2, -0.15) is 5.26 Å². The van der Waals surface area contributed by atoms with Crippen LogP contribution in [0.1, 0.15) is 0 Å². The zero-order valence-corrected chi connectivity index (χ0v) is 9.29. The van der Waals surface area contributed by atoms with Gasteiger partial charge >= 0.3 is 5.97 Å². The molecule has 0 aromatic rings. The Morgan fingerprint density at radius 1 is 1.59 bits per heavy atom. The van der Waals surface area contributed by atoms with E-state index in [1.165, 1.54) is 0 Å². The largest absolute Gasteiger partial charge is 0.465 e. The zero-order chi connectivity index (χ0) is 12.7. The van der Waals surface area contributed by atoms with Crippen LogP contribution in [-0.4, -0.2) is 44.3 Å². The molecule has 8 heteroatoms. The molecule has 0 saturated carbocycles. The Morgan fingerprint density at radius 2 is 2.24 bits per heavy atom. The average molecular weight is 237 g/mol. The van der Waals surface area contributed by atoms with E-state index in [0.717, 1.165) is 7.11 Å². The predicted octanol–water partition coefficient (Wildman–Crippen LogP) is 0.537. The number of esters is 1. The average Bonchev–Trinajstić information content (AvgIpc) is 2.39. The maximum atomic E-state index is 11.4. The van der Waals surface area contributed by atoms with Crippen LogP contribution in [-0.2, 0) is 14.3 Å². The molecule has 0 amide bonds. The SMILES string of the molecule is COC(=O)/C(C#N)=C(\N=[N+]=[N-])N1CCOCC1. The molecule has 1 aliphatic rings. The Morgan fingerprint density at radius 3 is 2.71 bits per heavy atom. The fraction of sp³-hybridized carbons (Fsp3) is 0.556. The summed E-state index contributed by atoms with van der Waals surface area (Å²) in [5.74, 6) is -0.827. The van der Waals surface area contributed by atoms with Gasteiger partial charge in [0.15, 0.2) is 5.57 Å². The van der Waals surface area contributed by atoms with E-state index in [1.807, 2.05) is 0 Å². The van der Waals surface area contributed by atoms with Gasteiger partial charge < -0.3 is 14.4 Å². The van der Waals surface area contributed by atoms with Crippen molar-refractivity contribution in [1.82, 2.24) is 4.90 Å². The first-order valence-corrected chi connectivity index (χ1v) is 4.85. The maximum Gasteiger partial charge on any atom is 0.350 e. The fourth-order valence-corrected chi connectivity index (χ4v) is 1.38. The highest BCUT2D eigenvalue weighted by Gasteiger charge is 2.21. The van der Waals surface area contributed by atoms with E-state index in [2.05, 4.69) is 14.8 Å². The summed E-state index contributed by atoms with van der Waals surface area (Å²) in [6, 6.07) is 1.69. The van der Waals surface area contributed by atoms with Gasteiger partial charge in [-0.25, -0.2) is 4.79 Å². The van der Waals surface area contributed by atoms with Gasteiger partial charge in [-0.1, -0.05) is 0 Å².